The molecule has 0 spiro atoms. The van der Waals surface area contributed by atoms with Gasteiger partial charge in [0.05, 0.1) is 66.0 Å². The normalized spacial score (nSPS) is 31.5. The number of aromatic nitrogens is 1. The summed E-state index contributed by atoms with van der Waals surface area (Å²) in [6, 6.07) is 6.71. The number of carbonyl (C=O) groups is 4. The van der Waals surface area contributed by atoms with E-state index >= 15 is 4.79 Å². The Labute approximate surface area is 376 Å². The number of carbonyl (C=O) groups excluding carboxylic acids is 4. The fourth-order valence-electron chi connectivity index (χ4n) is 11.0. The Kier molecular flexibility index (Phi) is 13.0. The van der Waals surface area contributed by atoms with Gasteiger partial charge < -0.3 is 28.6 Å². The van der Waals surface area contributed by atoms with Gasteiger partial charge in [-0.3, -0.25) is 23.9 Å². The SMILES string of the molecule is C=C[C@@H]1C[C@]1(CC(=O)[C@@H]1C[C@@H]2CN1C(=O)[C@H](C1CCCC1)CC(=O)O[C@@H]1CCC[C@H]1CC/C=C/Cc1c(nc3ccccc3c1OCCC1OCCO1)O2)C(=O)NS(=O)(=O)C1(C)CC1. The first-order valence-electron chi connectivity index (χ1n) is 23.7. The Morgan fingerprint density at radius 2 is 1.77 bits per heavy atom. The van der Waals surface area contributed by atoms with Crippen molar-refractivity contribution in [2.45, 2.75) is 145 Å². The number of allylic oxidation sites excluding steroid dienone is 3. The molecule has 4 heterocycles. The lowest BCUT2D eigenvalue weighted by Gasteiger charge is -2.31. The highest BCUT2D eigenvalue weighted by atomic mass is 32.2. The van der Waals surface area contributed by atoms with Gasteiger partial charge >= 0.3 is 5.97 Å². The Morgan fingerprint density at radius 3 is 2.52 bits per heavy atom. The highest BCUT2D eigenvalue weighted by molar-refractivity contribution is 7.91. The first-order chi connectivity index (χ1) is 30.9. The Bertz CT molecular complexity index is 2270. The molecule has 0 unspecified atom stereocenters. The van der Waals surface area contributed by atoms with Crippen molar-refractivity contribution in [1.82, 2.24) is 14.6 Å². The minimum atomic E-state index is -3.97. The van der Waals surface area contributed by atoms with Gasteiger partial charge in [0.2, 0.25) is 27.7 Å². The first kappa shape index (κ1) is 44.8. The van der Waals surface area contributed by atoms with Gasteiger partial charge in [0.1, 0.15) is 18.0 Å². The molecule has 2 bridgehead atoms. The van der Waals surface area contributed by atoms with E-state index in [1.54, 1.807) is 17.9 Å². The summed E-state index contributed by atoms with van der Waals surface area (Å²) in [5.41, 5.74) is 0.0825. The number of esters is 1. The monoisotopic (exact) mass is 901 g/mol. The number of hydrogen-bond donors (Lipinski definition) is 1. The zero-order valence-corrected chi connectivity index (χ0v) is 37.8. The molecule has 2 amide bonds. The van der Waals surface area contributed by atoms with Crippen LogP contribution in [0.3, 0.4) is 0 Å². The van der Waals surface area contributed by atoms with Gasteiger partial charge in [-0.2, -0.15) is 0 Å². The van der Waals surface area contributed by atoms with Crippen molar-refractivity contribution in [3.8, 4) is 11.6 Å². The molecule has 1 aromatic heterocycles. The van der Waals surface area contributed by atoms with E-state index in [4.69, 9.17) is 28.7 Å². The van der Waals surface area contributed by atoms with Crippen LogP contribution in [0.25, 0.3) is 10.9 Å². The van der Waals surface area contributed by atoms with Crippen molar-refractivity contribution in [1.29, 1.82) is 0 Å². The summed E-state index contributed by atoms with van der Waals surface area (Å²) >= 11 is 0. The highest BCUT2D eigenvalue weighted by Crippen LogP contribution is 2.57. The van der Waals surface area contributed by atoms with Crippen molar-refractivity contribution >= 4 is 44.5 Å². The number of sulfonamides is 1. The van der Waals surface area contributed by atoms with Gasteiger partial charge in [0.15, 0.2) is 12.1 Å². The van der Waals surface area contributed by atoms with Crippen LogP contribution in [-0.2, 0) is 49.8 Å². The van der Waals surface area contributed by atoms with E-state index in [-0.39, 0.29) is 74.1 Å². The van der Waals surface area contributed by atoms with Gasteiger partial charge in [-0.05, 0) is 107 Å². The molecule has 6 fully saturated rings. The van der Waals surface area contributed by atoms with E-state index in [0.29, 0.717) is 62.7 Å². The van der Waals surface area contributed by atoms with Crippen LogP contribution in [0.1, 0.15) is 115 Å². The van der Waals surface area contributed by atoms with Gasteiger partial charge in [0.25, 0.3) is 0 Å². The van der Waals surface area contributed by atoms with Gasteiger partial charge in [-0.1, -0.05) is 43.2 Å². The van der Waals surface area contributed by atoms with E-state index in [1.165, 1.54) is 0 Å². The maximum Gasteiger partial charge on any atom is 0.306 e. The molecule has 2 aromatic rings. The molecule has 1 N–H and O–H groups in total. The summed E-state index contributed by atoms with van der Waals surface area (Å²) < 4.78 is 58.9. The molecule has 64 heavy (non-hydrogen) atoms. The van der Waals surface area contributed by atoms with E-state index in [9.17, 15) is 22.8 Å². The molecule has 9 rings (SSSR count). The van der Waals surface area contributed by atoms with Gasteiger partial charge in [-0.25, -0.2) is 13.4 Å². The molecule has 4 saturated carbocycles. The van der Waals surface area contributed by atoms with E-state index < -0.39 is 50.1 Å². The Morgan fingerprint density at radius 1 is 1.00 bits per heavy atom. The number of Topliss-reactive ketones (excluding diaryl/α,β-unsaturated/α-hetero) is 1. The summed E-state index contributed by atoms with van der Waals surface area (Å²) in [7, 11) is -3.97. The van der Waals surface area contributed by atoms with Crippen LogP contribution in [0.2, 0.25) is 0 Å². The quantitative estimate of drug-likeness (QED) is 0.177. The number of rotatable bonds is 12. The maximum atomic E-state index is 15.2. The Hall–Kier alpha value is -4.34. The highest BCUT2D eigenvalue weighted by Gasteiger charge is 2.62. The second-order valence-corrected chi connectivity index (χ2v) is 21.8. The number of pyridine rings is 1. The third kappa shape index (κ3) is 9.22. The average Bonchev–Trinajstić information content (AvgIpc) is 3.72. The van der Waals surface area contributed by atoms with Crippen LogP contribution in [0.4, 0.5) is 0 Å². The number of amides is 2. The van der Waals surface area contributed by atoms with Crippen molar-refractivity contribution in [3.05, 3.63) is 54.6 Å². The second-order valence-electron chi connectivity index (χ2n) is 19.6. The molecule has 3 aliphatic heterocycles. The van der Waals surface area contributed by atoms with Crippen LogP contribution in [0, 0.1) is 29.1 Å². The zero-order valence-electron chi connectivity index (χ0n) is 37.0. The predicted molar refractivity (Wildman–Crippen MR) is 237 cm³/mol. The zero-order chi connectivity index (χ0) is 44.6. The number of hydrogen-bond acceptors (Lipinski definition) is 12. The number of ether oxygens (including phenoxy) is 5. The summed E-state index contributed by atoms with van der Waals surface area (Å²) in [6.45, 7) is 6.95. The van der Waals surface area contributed by atoms with Crippen molar-refractivity contribution in [2.24, 2.45) is 29.1 Å². The van der Waals surface area contributed by atoms with Crippen LogP contribution in [-0.4, -0.2) is 97.5 Å². The van der Waals surface area contributed by atoms with E-state index in [2.05, 4.69) is 23.5 Å². The standard InChI is InChI=1S/C49H63N3O11S/c1-3-33-28-49(33,47(56)51-64(57,58)48(2)21-22-48)29-40(53)39-26-34-30-52(39)46(55)37(31-12-7-8-13-31)27-42(54)63-41-19-11-15-32(41)14-5-4-6-17-36-44(61-23-20-43-59-24-25-60-43)35-16-9-10-18-38(35)50-45(36)62-34/h3-4,6,9-10,16,18,31-34,37,39,41,43H,1,5,7-8,11-15,17,19-30H2,2H3,(H,51,56)/b6-4+/t32-,33-,34-,37+,39+,41-,49-/m1/s1. The number of nitrogens with one attached hydrogen (secondary N) is 1. The molecular weight excluding hydrogens is 839 g/mol. The van der Waals surface area contributed by atoms with Crippen molar-refractivity contribution in [3.63, 3.8) is 0 Å². The molecule has 14 nitrogen and oxygen atoms in total. The summed E-state index contributed by atoms with van der Waals surface area (Å²) in [5, 5.41) is 0.822. The van der Waals surface area contributed by atoms with Gasteiger partial charge in [0, 0.05) is 24.6 Å². The van der Waals surface area contributed by atoms with Crippen LogP contribution < -0.4 is 14.2 Å². The number of nitrogens with zero attached hydrogens (tertiary/aromatic N) is 2. The first-order valence-corrected chi connectivity index (χ1v) is 25.2. The molecule has 7 atom stereocenters. The molecular formula is C49H63N3O11S. The third-order valence-electron chi connectivity index (χ3n) is 15.3. The molecule has 7 aliphatic rings. The molecule has 346 valence electrons. The fourth-order valence-corrected chi connectivity index (χ4v) is 12.3. The summed E-state index contributed by atoms with van der Waals surface area (Å²) in [5.74, 6) is -1.75. The molecule has 2 saturated heterocycles. The van der Waals surface area contributed by atoms with Gasteiger partial charge in [-0.15, -0.1) is 6.58 Å². The topological polar surface area (TPSA) is 177 Å². The molecule has 4 aliphatic carbocycles. The minimum Gasteiger partial charge on any atom is -0.492 e. The summed E-state index contributed by atoms with van der Waals surface area (Å²) in [4.78, 5) is 64.5. The largest absolute Gasteiger partial charge is 0.492 e. The average molecular weight is 902 g/mol. The van der Waals surface area contributed by atoms with Crippen LogP contribution in [0.5, 0.6) is 11.6 Å². The van der Waals surface area contributed by atoms with Crippen LogP contribution >= 0.6 is 0 Å². The molecule has 15 heteroatoms. The predicted octanol–water partition coefficient (Wildman–Crippen LogP) is 6.68. The number of para-hydroxylation sites is 1. The van der Waals surface area contributed by atoms with Crippen LogP contribution in [0.15, 0.2) is 49.1 Å². The summed E-state index contributed by atoms with van der Waals surface area (Å²) in [6.07, 6.45) is 14.3. The minimum absolute atomic E-state index is 0.0470. The maximum absolute atomic E-state index is 15.2. The second kappa shape index (κ2) is 18.5. The lowest BCUT2D eigenvalue weighted by molar-refractivity contribution is -0.156. The lowest BCUT2D eigenvalue weighted by atomic mass is 9.86. The van der Waals surface area contributed by atoms with Crippen molar-refractivity contribution in [2.75, 3.05) is 26.4 Å². The number of ketones is 1. The molecule has 0 radical (unpaired) electrons. The van der Waals surface area contributed by atoms with Crippen molar-refractivity contribution < 1.29 is 51.3 Å². The third-order valence-corrected chi connectivity index (χ3v) is 17.5. The smallest absolute Gasteiger partial charge is 0.306 e. The molecule has 1 aromatic carbocycles. The lowest BCUT2D eigenvalue weighted by Crippen LogP contribution is -2.48. The fraction of sp³-hybridized carbons (Fsp3) is 0.653. The number of fused-ring (bicyclic) bond motifs is 5. The number of benzene rings is 1. The van der Waals surface area contributed by atoms with E-state index in [0.717, 1.165) is 68.7 Å². The Balaban J connectivity index is 1.07. The van der Waals surface area contributed by atoms with E-state index in [1.807, 2.05) is 24.3 Å².